The molecule has 0 bridgehead atoms. The second kappa shape index (κ2) is 14.0. The number of hydrogen-bond acceptors (Lipinski definition) is 6. The topological polar surface area (TPSA) is 111 Å². The summed E-state index contributed by atoms with van der Waals surface area (Å²) in [6, 6.07) is 29.5. The molecule has 4 aromatic rings. The molecule has 0 aliphatic carbocycles. The van der Waals surface area contributed by atoms with Crippen molar-refractivity contribution in [1.82, 2.24) is 0 Å². The van der Waals surface area contributed by atoms with Gasteiger partial charge in [-0.15, -0.1) is 11.8 Å². The number of nitrogens with zero attached hydrogens (tertiary/aromatic N) is 1. The van der Waals surface area contributed by atoms with Gasteiger partial charge >= 0.3 is 0 Å². The predicted molar refractivity (Wildman–Crippen MR) is 158 cm³/mol. The monoisotopic (exact) mass is 555 g/mol. The average molecular weight is 556 g/mol. The van der Waals surface area contributed by atoms with E-state index in [1.165, 1.54) is 36.0 Å². The quantitative estimate of drug-likeness (QED) is 0.0811. The van der Waals surface area contributed by atoms with Crippen LogP contribution in [0.4, 0.5) is 17.1 Å². The molecule has 0 aromatic heterocycles. The van der Waals surface area contributed by atoms with Crippen molar-refractivity contribution >= 4 is 40.6 Å². The van der Waals surface area contributed by atoms with Gasteiger partial charge in [-0.05, 0) is 66.6 Å². The molecular formula is C31H29N3O5S. The van der Waals surface area contributed by atoms with Gasteiger partial charge < -0.3 is 15.4 Å². The van der Waals surface area contributed by atoms with E-state index in [2.05, 4.69) is 17.6 Å². The molecule has 204 valence electrons. The molecule has 4 aromatic carbocycles. The Morgan fingerprint density at radius 1 is 0.875 bits per heavy atom. The Bertz CT molecular complexity index is 1440. The van der Waals surface area contributed by atoms with E-state index in [9.17, 15) is 19.7 Å². The predicted octanol–water partition coefficient (Wildman–Crippen LogP) is 7.50. The number of nitro groups is 1. The van der Waals surface area contributed by atoms with Gasteiger partial charge in [0.15, 0.2) is 0 Å². The number of carbonyl (C=O) groups is 2. The lowest BCUT2D eigenvalue weighted by atomic mass is 10.1. The molecule has 0 radical (unpaired) electrons. The fourth-order valence-electron chi connectivity index (χ4n) is 3.79. The smallest absolute Gasteiger partial charge is 0.270 e. The summed E-state index contributed by atoms with van der Waals surface area (Å²) in [6.07, 6.45) is 2.05. The highest BCUT2D eigenvalue weighted by atomic mass is 32.2. The van der Waals surface area contributed by atoms with Gasteiger partial charge in [0.05, 0.1) is 11.5 Å². The number of carbonyl (C=O) groups excluding carboxylic acids is 2. The Kier molecular flexibility index (Phi) is 9.90. The van der Waals surface area contributed by atoms with E-state index in [0.29, 0.717) is 18.0 Å². The summed E-state index contributed by atoms with van der Waals surface area (Å²) in [5.41, 5.74) is 2.10. The first-order chi connectivity index (χ1) is 19.4. The highest BCUT2D eigenvalue weighted by Crippen LogP contribution is 2.37. The Hall–Kier alpha value is -4.63. The lowest BCUT2D eigenvalue weighted by Gasteiger charge is -2.18. The summed E-state index contributed by atoms with van der Waals surface area (Å²) in [5.74, 6) is 0.143. The molecule has 0 heterocycles. The van der Waals surface area contributed by atoms with Crippen LogP contribution in [0.5, 0.6) is 5.75 Å². The third-order valence-corrected chi connectivity index (χ3v) is 7.18. The molecule has 8 nitrogen and oxygen atoms in total. The highest BCUT2D eigenvalue weighted by Gasteiger charge is 2.22. The van der Waals surface area contributed by atoms with Crippen LogP contribution in [0.25, 0.3) is 0 Å². The van der Waals surface area contributed by atoms with E-state index in [0.717, 1.165) is 29.1 Å². The summed E-state index contributed by atoms with van der Waals surface area (Å²) in [5, 5.41) is 16.2. The number of non-ortho nitro benzene ring substituents is 1. The van der Waals surface area contributed by atoms with Crippen molar-refractivity contribution in [2.75, 3.05) is 17.2 Å². The van der Waals surface area contributed by atoms with Gasteiger partial charge in [0.2, 0.25) is 5.91 Å². The molecule has 0 fully saturated rings. The fraction of sp³-hybridized carbons (Fsp3) is 0.161. The number of thioether (sulfide) groups is 1. The van der Waals surface area contributed by atoms with Gasteiger partial charge in [-0.25, -0.2) is 0 Å². The van der Waals surface area contributed by atoms with Gasteiger partial charge in [0.1, 0.15) is 11.0 Å². The van der Waals surface area contributed by atoms with Crippen LogP contribution in [-0.4, -0.2) is 23.3 Å². The number of nitro benzene ring substituents is 1. The third kappa shape index (κ3) is 7.94. The van der Waals surface area contributed by atoms with Gasteiger partial charge in [0.25, 0.3) is 11.6 Å². The van der Waals surface area contributed by atoms with Crippen molar-refractivity contribution in [3.05, 3.63) is 124 Å². The minimum absolute atomic E-state index is 0.152. The van der Waals surface area contributed by atoms with E-state index >= 15 is 0 Å². The molecule has 1 unspecified atom stereocenters. The van der Waals surface area contributed by atoms with E-state index in [4.69, 9.17) is 4.74 Å². The van der Waals surface area contributed by atoms with Gasteiger partial charge in [-0.3, -0.25) is 19.7 Å². The highest BCUT2D eigenvalue weighted by molar-refractivity contribution is 8.00. The van der Waals surface area contributed by atoms with Crippen LogP contribution < -0.4 is 15.4 Å². The van der Waals surface area contributed by atoms with Crippen LogP contribution in [0, 0.1) is 10.1 Å². The Morgan fingerprint density at radius 3 is 2.23 bits per heavy atom. The molecule has 9 heteroatoms. The minimum atomic E-state index is -0.541. The number of hydrogen-bond donors (Lipinski definition) is 2. The van der Waals surface area contributed by atoms with Crippen molar-refractivity contribution in [3.8, 4) is 5.75 Å². The molecule has 4 rings (SSSR count). The van der Waals surface area contributed by atoms with Crippen LogP contribution in [0.2, 0.25) is 0 Å². The summed E-state index contributed by atoms with van der Waals surface area (Å²) in [6.45, 7) is 2.77. The fourth-order valence-corrected chi connectivity index (χ4v) is 4.82. The van der Waals surface area contributed by atoms with Crippen LogP contribution in [0.3, 0.4) is 0 Å². The van der Waals surface area contributed by atoms with Gasteiger partial charge in [0, 0.05) is 34.0 Å². The number of anilines is 2. The summed E-state index contributed by atoms with van der Waals surface area (Å²) in [7, 11) is 0. The Morgan fingerprint density at radius 2 is 1.55 bits per heavy atom. The SMILES string of the molecule is CCCCOc1ccc(NC(=O)C(Sc2ccc(NC(=O)c3cccc([N+](=O)[O-])c3)cc2)c2ccccc2)cc1. The van der Waals surface area contributed by atoms with Crippen LogP contribution in [0.15, 0.2) is 108 Å². The standard InChI is InChI=1S/C31H29N3O5S/c1-2-3-20-39-27-16-12-24(13-17-27)33-31(36)29(22-8-5-4-6-9-22)40-28-18-14-25(15-19-28)32-30(35)23-10-7-11-26(21-23)34(37)38/h4-19,21,29H,2-3,20H2,1H3,(H,32,35)(H,33,36). The normalized spacial score (nSPS) is 11.3. The summed E-state index contributed by atoms with van der Waals surface area (Å²) in [4.78, 5) is 37.3. The lowest BCUT2D eigenvalue weighted by Crippen LogP contribution is -2.19. The van der Waals surface area contributed by atoms with Crippen molar-refractivity contribution in [2.45, 2.75) is 29.9 Å². The third-order valence-electron chi connectivity index (χ3n) is 5.91. The number of rotatable bonds is 12. The zero-order chi connectivity index (χ0) is 28.3. The number of benzene rings is 4. The molecule has 0 aliphatic rings. The minimum Gasteiger partial charge on any atom is -0.494 e. The molecule has 2 amide bonds. The Balaban J connectivity index is 1.43. The number of unbranched alkanes of at least 4 members (excludes halogenated alkanes) is 1. The van der Waals surface area contributed by atoms with Crippen molar-refractivity contribution < 1.29 is 19.2 Å². The van der Waals surface area contributed by atoms with Gasteiger partial charge in [-0.1, -0.05) is 49.7 Å². The van der Waals surface area contributed by atoms with E-state index in [-0.39, 0.29) is 17.2 Å². The van der Waals surface area contributed by atoms with E-state index in [1.807, 2.05) is 66.7 Å². The summed E-state index contributed by atoms with van der Waals surface area (Å²) < 4.78 is 5.71. The Labute approximate surface area is 236 Å². The maximum atomic E-state index is 13.4. The number of ether oxygens (including phenoxy) is 1. The maximum Gasteiger partial charge on any atom is 0.270 e. The molecule has 0 aliphatic heterocycles. The second-order valence-electron chi connectivity index (χ2n) is 8.91. The maximum absolute atomic E-state index is 13.4. The van der Waals surface area contributed by atoms with Crippen LogP contribution >= 0.6 is 11.8 Å². The molecule has 1 atom stereocenters. The molecule has 0 spiro atoms. The van der Waals surface area contributed by atoms with Crippen molar-refractivity contribution in [2.24, 2.45) is 0 Å². The molecular weight excluding hydrogens is 526 g/mol. The lowest BCUT2D eigenvalue weighted by molar-refractivity contribution is -0.384. The zero-order valence-corrected chi connectivity index (χ0v) is 22.7. The number of amides is 2. The first-order valence-electron chi connectivity index (χ1n) is 12.8. The largest absolute Gasteiger partial charge is 0.494 e. The van der Waals surface area contributed by atoms with Crippen LogP contribution in [0.1, 0.15) is 40.9 Å². The first kappa shape index (κ1) is 28.4. The molecule has 2 N–H and O–H groups in total. The van der Waals surface area contributed by atoms with E-state index in [1.54, 1.807) is 12.1 Å². The zero-order valence-electron chi connectivity index (χ0n) is 21.9. The van der Waals surface area contributed by atoms with Crippen LogP contribution in [-0.2, 0) is 4.79 Å². The average Bonchev–Trinajstić information content (AvgIpc) is 2.98. The second-order valence-corrected chi connectivity index (χ2v) is 10.1. The molecule has 40 heavy (non-hydrogen) atoms. The van der Waals surface area contributed by atoms with E-state index < -0.39 is 16.1 Å². The first-order valence-corrected chi connectivity index (χ1v) is 13.7. The van der Waals surface area contributed by atoms with Crippen molar-refractivity contribution in [1.29, 1.82) is 0 Å². The number of nitrogens with one attached hydrogen (secondary N) is 2. The molecule has 0 saturated carbocycles. The molecule has 0 saturated heterocycles. The van der Waals surface area contributed by atoms with Gasteiger partial charge in [-0.2, -0.15) is 0 Å². The summed E-state index contributed by atoms with van der Waals surface area (Å²) >= 11 is 1.39. The van der Waals surface area contributed by atoms with Crippen molar-refractivity contribution in [3.63, 3.8) is 0 Å².